The Morgan fingerprint density at radius 2 is 2.00 bits per heavy atom. The third-order valence-electron chi connectivity index (χ3n) is 4.87. The summed E-state index contributed by atoms with van der Waals surface area (Å²) in [5.74, 6) is 1.58. The van der Waals surface area contributed by atoms with Crippen molar-refractivity contribution in [3.8, 4) is 5.75 Å². The van der Waals surface area contributed by atoms with Crippen LogP contribution in [0, 0.1) is 6.92 Å². The van der Waals surface area contributed by atoms with Crippen molar-refractivity contribution in [2.45, 2.75) is 45.6 Å². The molecule has 0 unspecified atom stereocenters. The number of ether oxygens (including phenoxy) is 1. The summed E-state index contributed by atoms with van der Waals surface area (Å²) in [6.45, 7) is 3.08. The molecule has 0 saturated carbocycles. The Bertz CT molecular complexity index is 992. The van der Waals surface area contributed by atoms with E-state index < -0.39 is 0 Å². The predicted molar refractivity (Wildman–Crippen MR) is 107 cm³/mol. The maximum Gasteiger partial charge on any atom is 0.262 e. The van der Waals surface area contributed by atoms with Crippen molar-refractivity contribution < 1.29 is 4.74 Å². The summed E-state index contributed by atoms with van der Waals surface area (Å²) in [6, 6.07) is 7.32. The Labute approximate surface area is 161 Å². The molecule has 4 rings (SSSR count). The maximum atomic E-state index is 13.1. The van der Waals surface area contributed by atoms with Gasteiger partial charge in [-0.15, -0.1) is 11.3 Å². The molecule has 1 aliphatic rings. The molecule has 2 aromatic heterocycles. The molecule has 0 spiro atoms. The van der Waals surface area contributed by atoms with E-state index in [1.54, 1.807) is 15.9 Å². The first-order valence-electron chi connectivity index (χ1n) is 9.03. The van der Waals surface area contributed by atoms with Gasteiger partial charge in [0.15, 0.2) is 0 Å². The Hall–Kier alpha value is -1.85. The van der Waals surface area contributed by atoms with Crippen molar-refractivity contribution in [1.82, 2.24) is 9.55 Å². The molecule has 1 aromatic carbocycles. The number of benzene rings is 1. The van der Waals surface area contributed by atoms with Crippen LogP contribution in [0.1, 0.15) is 35.5 Å². The molecule has 0 saturated heterocycles. The summed E-state index contributed by atoms with van der Waals surface area (Å²) >= 11 is 7.58. The Morgan fingerprint density at radius 3 is 2.81 bits per heavy atom. The highest BCUT2D eigenvalue weighted by molar-refractivity contribution is 7.18. The molecule has 2 heterocycles. The highest BCUT2D eigenvalue weighted by Crippen LogP contribution is 2.33. The summed E-state index contributed by atoms with van der Waals surface area (Å²) in [7, 11) is 0. The summed E-state index contributed by atoms with van der Waals surface area (Å²) < 4.78 is 7.53. The molecule has 0 amide bonds. The molecular formula is C20H21ClN2O2S. The number of fused-ring (bicyclic) bond motifs is 3. The number of halogens is 1. The van der Waals surface area contributed by atoms with E-state index in [1.165, 1.54) is 23.3 Å². The normalized spacial score (nSPS) is 13.8. The van der Waals surface area contributed by atoms with E-state index in [4.69, 9.17) is 21.3 Å². The van der Waals surface area contributed by atoms with Crippen LogP contribution in [-0.2, 0) is 19.4 Å². The van der Waals surface area contributed by atoms with Gasteiger partial charge < -0.3 is 4.74 Å². The van der Waals surface area contributed by atoms with Gasteiger partial charge in [0, 0.05) is 16.4 Å². The molecule has 26 heavy (non-hydrogen) atoms. The monoisotopic (exact) mass is 388 g/mol. The third-order valence-corrected chi connectivity index (χ3v) is 6.31. The highest BCUT2D eigenvalue weighted by Gasteiger charge is 2.20. The first-order chi connectivity index (χ1) is 12.6. The minimum absolute atomic E-state index is 0.110. The summed E-state index contributed by atoms with van der Waals surface area (Å²) in [4.78, 5) is 20.0. The fourth-order valence-corrected chi connectivity index (χ4v) is 4.97. The van der Waals surface area contributed by atoms with Crippen LogP contribution in [0.3, 0.4) is 0 Å². The molecule has 3 aromatic rings. The average Bonchev–Trinajstić information content (AvgIpc) is 3.00. The van der Waals surface area contributed by atoms with Gasteiger partial charge in [-0.3, -0.25) is 9.36 Å². The third kappa shape index (κ3) is 3.38. The molecule has 6 heteroatoms. The number of aryl methyl sites for hydroxylation is 3. The number of rotatable bonds is 5. The van der Waals surface area contributed by atoms with E-state index in [0.717, 1.165) is 41.1 Å². The summed E-state index contributed by atoms with van der Waals surface area (Å²) in [6.07, 6.45) is 5.23. The number of hydrogen-bond donors (Lipinski definition) is 0. The molecule has 0 N–H and O–H groups in total. The lowest BCUT2D eigenvalue weighted by Crippen LogP contribution is -2.25. The van der Waals surface area contributed by atoms with Crippen LogP contribution in [0.2, 0.25) is 5.02 Å². The van der Waals surface area contributed by atoms with Crippen LogP contribution in [-0.4, -0.2) is 16.2 Å². The van der Waals surface area contributed by atoms with Crippen LogP contribution in [0.25, 0.3) is 10.2 Å². The molecule has 0 radical (unpaired) electrons. The van der Waals surface area contributed by atoms with Gasteiger partial charge in [0.1, 0.15) is 16.4 Å². The SMILES string of the molecule is Cc1nc2sc3c(c2c(=O)n1CCCOc1ccc(Cl)cc1)CCCC3. The van der Waals surface area contributed by atoms with E-state index >= 15 is 0 Å². The lowest BCUT2D eigenvalue weighted by Gasteiger charge is -2.12. The second-order valence-corrected chi connectivity index (χ2v) is 8.18. The van der Waals surface area contributed by atoms with Gasteiger partial charge in [-0.25, -0.2) is 4.98 Å². The summed E-state index contributed by atoms with van der Waals surface area (Å²) in [5.41, 5.74) is 1.36. The molecule has 0 atom stereocenters. The number of hydrogen-bond acceptors (Lipinski definition) is 4. The van der Waals surface area contributed by atoms with Crippen molar-refractivity contribution in [3.05, 3.63) is 55.9 Å². The van der Waals surface area contributed by atoms with Gasteiger partial charge in [-0.2, -0.15) is 0 Å². The average molecular weight is 389 g/mol. The van der Waals surface area contributed by atoms with E-state index in [2.05, 4.69) is 0 Å². The topological polar surface area (TPSA) is 44.1 Å². The highest BCUT2D eigenvalue weighted by atomic mass is 35.5. The zero-order valence-electron chi connectivity index (χ0n) is 14.8. The molecule has 4 nitrogen and oxygen atoms in total. The predicted octanol–water partition coefficient (Wildman–Crippen LogP) is 4.77. The molecule has 0 bridgehead atoms. The van der Waals surface area contributed by atoms with Gasteiger partial charge >= 0.3 is 0 Å². The lowest BCUT2D eigenvalue weighted by molar-refractivity contribution is 0.300. The maximum absolute atomic E-state index is 13.1. The van der Waals surface area contributed by atoms with E-state index in [-0.39, 0.29) is 5.56 Å². The minimum atomic E-state index is 0.110. The first-order valence-corrected chi connectivity index (χ1v) is 10.2. The molecule has 0 fully saturated rings. The van der Waals surface area contributed by atoms with Crippen molar-refractivity contribution >= 4 is 33.2 Å². The second kappa shape index (κ2) is 7.41. The first kappa shape index (κ1) is 17.6. The quantitative estimate of drug-likeness (QED) is 0.591. The van der Waals surface area contributed by atoms with Crippen molar-refractivity contribution in [1.29, 1.82) is 0 Å². The standard InChI is InChI=1S/C20H21ClN2O2S/c1-13-22-19-18(16-5-2-3-6-17(16)26-19)20(24)23(13)11-4-12-25-15-9-7-14(21)8-10-15/h7-10H,2-6,11-12H2,1H3. The smallest absolute Gasteiger partial charge is 0.262 e. The van der Waals surface area contributed by atoms with Gasteiger partial charge in [0.25, 0.3) is 5.56 Å². The van der Waals surface area contributed by atoms with Gasteiger partial charge in [0.05, 0.1) is 12.0 Å². The lowest BCUT2D eigenvalue weighted by atomic mass is 9.97. The molecule has 0 aliphatic heterocycles. The van der Waals surface area contributed by atoms with Gasteiger partial charge in [-0.05, 0) is 68.9 Å². The van der Waals surface area contributed by atoms with Crippen LogP contribution in [0.15, 0.2) is 29.1 Å². The minimum Gasteiger partial charge on any atom is -0.494 e. The van der Waals surface area contributed by atoms with E-state index in [0.29, 0.717) is 18.2 Å². The van der Waals surface area contributed by atoms with E-state index in [1.807, 2.05) is 31.2 Å². The largest absolute Gasteiger partial charge is 0.494 e. The zero-order valence-corrected chi connectivity index (χ0v) is 16.3. The second-order valence-electron chi connectivity index (χ2n) is 6.66. The molecular weight excluding hydrogens is 368 g/mol. The van der Waals surface area contributed by atoms with Gasteiger partial charge in [-0.1, -0.05) is 11.6 Å². The Balaban J connectivity index is 1.51. The van der Waals surface area contributed by atoms with Crippen molar-refractivity contribution in [2.75, 3.05) is 6.61 Å². The van der Waals surface area contributed by atoms with E-state index in [9.17, 15) is 4.79 Å². The van der Waals surface area contributed by atoms with Crippen LogP contribution < -0.4 is 10.3 Å². The van der Waals surface area contributed by atoms with Crippen molar-refractivity contribution in [3.63, 3.8) is 0 Å². The fourth-order valence-electron chi connectivity index (χ4n) is 3.55. The summed E-state index contributed by atoms with van der Waals surface area (Å²) in [5, 5.41) is 1.55. The number of thiophene rings is 1. The van der Waals surface area contributed by atoms with Crippen LogP contribution in [0.4, 0.5) is 0 Å². The fraction of sp³-hybridized carbons (Fsp3) is 0.400. The molecule has 136 valence electrons. The Morgan fingerprint density at radius 1 is 1.23 bits per heavy atom. The van der Waals surface area contributed by atoms with Gasteiger partial charge in [0.2, 0.25) is 0 Å². The zero-order chi connectivity index (χ0) is 18.1. The van der Waals surface area contributed by atoms with Crippen LogP contribution >= 0.6 is 22.9 Å². The number of nitrogens with zero attached hydrogens (tertiary/aromatic N) is 2. The van der Waals surface area contributed by atoms with Crippen molar-refractivity contribution in [2.24, 2.45) is 0 Å². The Kier molecular flexibility index (Phi) is 5.00. The van der Waals surface area contributed by atoms with Crippen LogP contribution in [0.5, 0.6) is 5.75 Å². The molecule has 1 aliphatic carbocycles. The number of aromatic nitrogens is 2.